The normalized spacial score (nSPS) is 19.1. The number of morpholine rings is 1. The quantitative estimate of drug-likeness (QED) is 0.695. The minimum absolute atomic E-state index is 0.0725. The Bertz CT molecular complexity index is 1050. The zero-order valence-corrected chi connectivity index (χ0v) is 16.6. The summed E-state index contributed by atoms with van der Waals surface area (Å²) in [6.07, 6.45) is 4.09. The second kappa shape index (κ2) is 8.23. The number of nitrogens with one attached hydrogen (secondary N) is 1. The first-order chi connectivity index (χ1) is 14.8. The number of carbonyl (C=O) groups excluding carboxylic acids is 1. The fourth-order valence-electron chi connectivity index (χ4n) is 3.80. The van der Waals surface area contributed by atoms with Crippen molar-refractivity contribution < 1.29 is 14.3 Å². The topological polar surface area (TPSA) is 89.5 Å². The van der Waals surface area contributed by atoms with Gasteiger partial charge in [0.2, 0.25) is 11.8 Å². The van der Waals surface area contributed by atoms with Crippen molar-refractivity contribution in [3.05, 3.63) is 42.7 Å². The Morgan fingerprint density at radius 2 is 2.10 bits per heavy atom. The maximum Gasteiger partial charge on any atom is 0.223 e. The van der Waals surface area contributed by atoms with Gasteiger partial charge in [0, 0.05) is 49.9 Å². The van der Waals surface area contributed by atoms with Crippen LogP contribution in [0.15, 0.2) is 42.7 Å². The van der Waals surface area contributed by atoms with Gasteiger partial charge in [-0.2, -0.15) is 0 Å². The van der Waals surface area contributed by atoms with E-state index in [1.807, 2.05) is 36.5 Å². The molecule has 2 aliphatic rings. The van der Waals surface area contributed by atoms with Crippen LogP contribution >= 0.6 is 0 Å². The van der Waals surface area contributed by atoms with Crippen LogP contribution in [0, 0.1) is 5.92 Å². The van der Waals surface area contributed by atoms with Crippen molar-refractivity contribution in [2.24, 2.45) is 5.92 Å². The third-order valence-electron chi connectivity index (χ3n) is 5.46. The van der Waals surface area contributed by atoms with Gasteiger partial charge in [-0.15, -0.1) is 0 Å². The molecule has 0 aromatic carbocycles. The van der Waals surface area contributed by atoms with Gasteiger partial charge >= 0.3 is 0 Å². The second-order valence-corrected chi connectivity index (χ2v) is 7.57. The average molecular weight is 405 g/mol. The number of anilines is 1. The summed E-state index contributed by atoms with van der Waals surface area (Å²) in [7, 11) is 0. The lowest BCUT2D eigenvalue weighted by molar-refractivity contribution is -0.119. The molecule has 0 spiro atoms. The number of rotatable bonds is 5. The van der Waals surface area contributed by atoms with Gasteiger partial charge in [-0.05, 0) is 30.3 Å². The van der Waals surface area contributed by atoms with Gasteiger partial charge in [-0.3, -0.25) is 9.78 Å². The molecule has 3 aromatic heterocycles. The predicted molar refractivity (Wildman–Crippen MR) is 112 cm³/mol. The largest absolute Gasteiger partial charge is 0.477 e. The Morgan fingerprint density at radius 3 is 2.87 bits per heavy atom. The SMILES string of the molecule is O=C1C[C@@H](COc2nc(-c3ccc(N4CCOCC4)nc3)cc3ncccc23)CN1. The first-order valence-corrected chi connectivity index (χ1v) is 10.2. The molecule has 1 amide bonds. The predicted octanol–water partition coefficient (Wildman–Crippen LogP) is 2.04. The van der Waals surface area contributed by atoms with Crippen molar-refractivity contribution in [1.82, 2.24) is 20.3 Å². The number of nitrogens with zero attached hydrogens (tertiary/aromatic N) is 4. The molecule has 154 valence electrons. The van der Waals surface area contributed by atoms with Crippen LogP contribution in [0.2, 0.25) is 0 Å². The van der Waals surface area contributed by atoms with E-state index in [0.717, 1.165) is 54.3 Å². The van der Waals surface area contributed by atoms with Crippen LogP contribution in [0.1, 0.15) is 6.42 Å². The molecule has 1 atom stereocenters. The highest BCUT2D eigenvalue weighted by atomic mass is 16.5. The zero-order valence-electron chi connectivity index (χ0n) is 16.6. The summed E-state index contributed by atoms with van der Waals surface area (Å²) in [5, 5.41) is 3.70. The van der Waals surface area contributed by atoms with Gasteiger partial charge in [-0.25, -0.2) is 9.97 Å². The molecule has 3 aromatic rings. The van der Waals surface area contributed by atoms with E-state index < -0.39 is 0 Å². The van der Waals surface area contributed by atoms with E-state index in [9.17, 15) is 4.79 Å². The number of carbonyl (C=O) groups is 1. The summed E-state index contributed by atoms with van der Waals surface area (Å²) in [6, 6.07) is 9.82. The highest BCUT2D eigenvalue weighted by Gasteiger charge is 2.22. The van der Waals surface area contributed by atoms with E-state index in [1.165, 1.54) is 0 Å². The second-order valence-electron chi connectivity index (χ2n) is 7.57. The Morgan fingerprint density at radius 1 is 1.20 bits per heavy atom. The van der Waals surface area contributed by atoms with Gasteiger partial charge in [0.1, 0.15) is 5.82 Å². The van der Waals surface area contributed by atoms with Gasteiger partial charge < -0.3 is 19.7 Å². The molecule has 0 bridgehead atoms. The van der Waals surface area contributed by atoms with Gasteiger partial charge in [0.05, 0.1) is 36.4 Å². The molecule has 0 radical (unpaired) electrons. The molecule has 2 fully saturated rings. The number of hydrogen-bond donors (Lipinski definition) is 1. The lowest BCUT2D eigenvalue weighted by Gasteiger charge is -2.27. The molecule has 0 unspecified atom stereocenters. The van der Waals surface area contributed by atoms with Crippen LogP contribution in [0.3, 0.4) is 0 Å². The Kier molecular flexibility index (Phi) is 5.15. The van der Waals surface area contributed by atoms with Gasteiger partial charge in [0.15, 0.2) is 0 Å². The molecular weight excluding hydrogens is 382 g/mol. The maximum absolute atomic E-state index is 11.4. The lowest BCUT2D eigenvalue weighted by Crippen LogP contribution is -2.36. The van der Waals surface area contributed by atoms with Crippen molar-refractivity contribution >= 4 is 22.6 Å². The molecule has 2 aliphatic heterocycles. The molecule has 5 rings (SSSR count). The van der Waals surface area contributed by atoms with Crippen molar-refractivity contribution in [2.75, 3.05) is 44.4 Å². The fraction of sp³-hybridized carbons (Fsp3) is 0.364. The Labute approximate surface area is 174 Å². The summed E-state index contributed by atoms with van der Waals surface area (Å²) in [5.41, 5.74) is 2.48. The monoisotopic (exact) mass is 405 g/mol. The van der Waals surface area contributed by atoms with E-state index in [2.05, 4.69) is 20.2 Å². The lowest BCUT2D eigenvalue weighted by atomic mass is 10.1. The van der Waals surface area contributed by atoms with Crippen LogP contribution < -0.4 is 15.0 Å². The molecule has 1 N–H and O–H groups in total. The molecule has 2 saturated heterocycles. The molecule has 0 aliphatic carbocycles. The van der Waals surface area contributed by atoms with E-state index in [-0.39, 0.29) is 11.8 Å². The average Bonchev–Trinajstić information content (AvgIpc) is 3.23. The van der Waals surface area contributed by atoms with Crippen molar-refractivity contribution in [1.29, 1.82) is 0 Å². The highest BCUT2D eigenvalue weighted by Crippen LogP contribution is 2.29. The molecule has 30 heavy (non-hydrogen) atoms. The number of pyridine rings is 3. The molecule has 8 heteroatoms. The standard InChI is InChI=1S/C22H23N5O3/c28-21-10-15(12-25-21)14-30-22-17-2-1-5-23-19(17)11-18(26-22)16-3-4-20(24-13-16)27-6-8-29-9-7-27/h1-5,11,13,15H,6-10,12,14H2,(H,25,28)/t15-/m1/s1. The number of ether oxygens (including phenoxy) is 2. The maximum atomic E-state index is 11.4. The van der Waals surface area contributed by atoms with Crippen LogP contribution in [0.25, 0.3) is 22.2 Å². The summed E-state index contributed by atoms with van der Waals surface area (Å²) in [4.78, 5) is 27.5. The minimum Gasteiger partial charge on any atom is -0.477 e. The smallest absolute Gasteiger partial charge is 0.223 e. The number of aromatic nitrogens is 3. The molecular formula is C22H23N5O3. The van der Waals surface area contributed by atoms with Crippen molar-refractivity contribution in [2.45, 2.75) is 6.42 Å². The van der Waals surface area contributed by atoms with Gasteiger partial charge in [0.25, 0.3) is 0 Å². The zero-order chi connectivity index (χ0) is 20.3. The molecule has 8 nitrogen and oxygen atoms in total. The number of fused-ring (bicyclic) bond motifs is 1. The third-order valence-corrected chi connectivity index (χ3v) is 5.46. The molecule has 5 heterocycles. The first kappa shape index (κ1) is 18.7. The molecule has 0 saturated carbocycles. The summed E-state index contributed by atoms with van der Waals surface area (Å²) in [5.74, 6) is 1.70. The van der Waals surface area contributed by atoms with E-state index in [1.54, 1.807) is 6.20 Å². The van der Waals surface area contributed by atoms with Crippen LogP contribution in [0.4, 0.5) is 5.82 Å². The van der Waals surface area contributed by atoms with E-state index in [0.29, 0.717) is 25.5 Å². The van der Waals surface area contributed by atoms with Crippen molar-refractivity contribution in [3.8, 4) is 17.1 Å². The van der Waals surface area contributed by atoms with E-state index >= 15 is 0 Å². The van der Waals surface area contributed by atoms with Gasteiger partial charge in [-0.1, -0.05) is 0 Å². The summed E-state index contributed by atoms with van der Waals surface area (Å²) < 4.78 is 11.5. The van der Waals surface area contributed by atoms with Crippen molar-refractivity contribution in [3.63, 3.8) is 0 Å². The van der Waals surface area contributed by atoms with E-state index in [4.69, 9.17) is 14.5 Å². The Hall–Kier alpha value is -3.26. The van der Waals surface area contributed by atoms with Crippen LogP contribution in [-0.4, -0.2) is 60.3 Å². The highest BCUT2D eigenvalue weighted by molar-refractivity contribution is 5.86. The van der Waals surface area contributed by atoms with Crippen LogP contribution in [0.5, 0.6) is 5.88 Å². The summed E-state index contributed by atoms with van der Waals surface area (Å²) >= 11 is 0. The summed E-state index contributed by atoms with van der Waals surface area (Å²) in [6.45, 7) is 4.23. The first-order valence-electron chi connectivity index (χ1n) is 10.2. The minimum atomic E-state index is 0.0725. The fourth-order valence-corrected chi connectivity index (χ4v) is 3.80. The Balaban J connectivity index is 1.41. The van der Waals surface area contributed by atoms with Crippen LogP contribution in [-0.2, 0) is 9.53 Å². The number of amides is 1. The third kappa shape index (κ3) is 3.91. The number of hydrogen-bond acceptors (Lipinski definition) is 7.